The highest BCUT2D eigenvalue weighted by Gasteiger charge is 2.27. The average molecular weight is 426 g/mol. The van der Waals surface area contributed by atoms with Crippen molar-refractivity contribution >= 4 is 46.6 Å². The Morgan fingerprint density at radius 3 is 2.22 bits per heavy atom. The second-order valence-corrected chi connectivity index (χ2v) is 7.81. The van der Waals surface area contributed by atoms with Gasteiger partial charge >= 0.3 is 0 Å². The van der Waals surface area contributed by atoms with Crippen molar-refractivity contribution in [3.05, 3.63) is 68.7 Å². The smallest absolute Gasteiger partial charge is 0.253 e. The third-order valence-electron chi connectivity index (χ3n) is 4.71. The summed E-state index contributed by atoms with van der Waals surface area (Å²) in [5, 5.41) is 4.62. The van der Waals surface area contributed by atoms with Crippen LogP contribution in [0, 0.1) is 5.92 Å². The number of piperidine rings is 1. The highest BCUT2D eigenvalue weighted by atomic mass is 35.5. The molecular weight excluding hydrogens is 407 g/mol. The van der Waals surface area contributed by atoms with Gasteiger partial charge in [0.1, 0.15) is 0 Å². The van der Waals surface area contributed by atoms with Gasteiger partial charge in [0.25, 0.3) is 5.91 Å². The third-order valence-corrected chi connectivity index (χ3v) is 5.55. The lowest BCUT2D eigenvalue weighted by atomic mass is 9.95. The fourth-order valence-corrected chi connectivity index (χ4v) is 3.71. The van der Waals surface area contributed by atoms with Crippen LogP contribution in [-0.4, -0.2) is 29.8 Å². The summed E-state index contributed by atoms with van der Waals surface area (Å²) in [5.74, 6) is -0.150. The maximum Gasteiger partial charge on any atom is 0.253 e. The molecule has 2 aromatic carbocycles. The van der Waals surface area contributed by atoms with Gasteiger partial charge in [-0.2, -0.15) is 0 Å². The van der Waals surface area contributed by atoms with Crippen LogP contribution in [0.4, 0.5) is 0 Å². The maximum atomic E-state index is 12.5. The Morgan fingerprint density at radius 2 is 1.59 bits per heavy atom. The largest absolute Gasteiger partial charge is 0.352 e. The lowest BCUT2D eigenvalue weighted by molar-refractivity contribution is -0.126. The number of nitrogens with one attached hydrogen (secondary N) is 1. The van der Waals surface area contributed by atoms with Gasteiger partial charge in [0.15, 0.2) is 0 Å². The second kappa shape index (κ2) is 8.96. The van der Waals surface area contributed by atoms with Gasteiger partial charge in [0.2, 0.25) is 5.91 Å². The van der Waals surface area contributed by atoms with Crippen LogP contribution in [0.25, 0.3) is 0 Å². The van der Waals surface area contributed by atoms with Gasteiger partial charge in [-0.05, 0) is 54.8 Å². The molecule has 0 unspecified atom stereocenters. The van der Waals surface area contributed by atoms with Crippen LogP contribution in [0.3, 0.4) is 0 Å². The molecule has 1 saturated heterocycles. The molecule has 0 aromatic heterocycles. The van der Waals surface area contributed by atoms with Crippen LogP contribution < -0.4 is 5.32 Å². The summed E-state index contributed by atoms with van der Waals surface area (Å²) in [5.41, 5.74) is 1.43. The Morgan fingerprint density at radius 1 is 0.963 bits per heavy atom. The second-order valence-electron chi connectivity index (χ2n) is 6.53. The zero-order valence-corrected chi connectivity index (χ0v) is 16.8. The number of carbonyl (C=O) groups excluding carboxylic acids is 2. The molecular formula is C20H19Cl3N2O2. The zero-order chi connectivity index (χ0) is 19.4. The number of hydrogen-bond donors (Lipinski definition) is 1. The predicted octanol–water partition coefficient (Wildman–Crippen LogP) is 4.82. The average Bonchev–Trinajstić information content (AvgIpc) is 2.67. The first-order chi connectivity index (χ1) is 12.9. The van der Waals surface area contributed by atoms with Gasteiger partial charge in [-0.25, -0.2) is 0 Å². The van der Waals surface area contributed by atoms with E-state index in [1.54, 1.807) is 47.4 Å². The Kier molecular flexibility index (Phi) is 6.64. The molecule has 0 bridgehead atoms. The van der Waals surface area contributed by atoms with Crippen molar-refractivity contribution in [3.63, 3.8) is 0 Å². The summed E-state index contributed by atoms with van der Waals surface area (Å²) < 4.78 is 0. The molecule has 0 atom stereocenters. The van der Waals surface area contributed by atoms with Gasteiger partial charge < -0.3 is 10.2 Å². The number of hydrogen-bond acceptors (Lipinski definition) is 2. The molecule has 1 heterocycles. The molecule has 2 amide bonds. The van der Waals surface area contributed by atoms with E-state index in [0.717, 1.165) is 5.56 Å². The molecule has 1 fully saturated rings. The van der Waals surface area contributed by atoms with Crippen LogP contribution in [-0.2, 0) is 11.3 Å². The molecule has 0 spiro atoms. The number of amides is 2. The van der Waals surface area contributed by atoms with Gasteiger partial charge in [-0.1, -0.05) is 40.9 Å². The molecule has 3 rings (SSSR count). The Bertz CT molecular complexity index is 832. The van der Waals surface area contributed by atoms with Gasteiger partial charge in [0, 0.05) is 46.2 Å². The first-order valence-corrected chi connectivity index (χ1v) is 9.84. The van der Waals surface area contributed by atoms with Crippen molar-refractivity contribution < 1.29 is 9.59 Å². The van der Waals surface area contributed by atoms with E-state index in [1.165, 1.54) is 0 Å². The summed E-state index contributed by atoms with van der Waals surface area (Å²) in [6, 6.07) is 12.1. The molecule has 2 aromatic rings. The molecule has 7 heteroatoms. The third kappa shape index (κ3) is 5.16. The SMILES string of the molecule is O=C(NCc1ccc(Cl)cc1Cl)C1CCN(C(=O)c2ccc(Cl)cc2)CC1. The topological polar surface area (TPSA) is 49.4 Å². The maximum absolute atomic E-state index is 12.5. The van der Waals surface area contributed by atoms with E-state index < -0.39 is 0 Å². The van der Waals surface area contributed by atoms with Crippen LogP contribution in [0.1, 0.15) is 28.8 Å². The van der Waals surface area contributed by atoms with E-state index in [1.807, 2.05) is 0 Å². The first kappa shape index (κ1) is 20.0. The van der Waals surface area contributed by atoms with Crippen LogP contribution >= 0.6 is 34.8 Å². The zero-order valence-electron chi connectivity index (χ0n) is 14.6. The molecule has 1 N–H and O–H groups in total. The lowest BCUT2D eigenvalue weighted by Crippen LogP contribution is -2.42. The molecule has 1 aliphatic rings. The van der Waals surface area contributed by atoms with Crippen molar-refractivity contribution in [2.75, 3.05) is 13.1 Å². The van der Waals surface area contributed by atoms with Gasteiger partial charge in [0.05, 0.1) is 0 Å². The van der Waals surface area contributed by atoms with Crippen molar-refractivity contribution in [3.8, 4) is 0 Å². The molecule has 0 radical (unpaired) electrons. The summed E-state index contributed by atoms with van der Waals surface area (Å²) in [4.78, 5) is 26.7. The highest BCUT2D eigenvalue weighted by Crippen LogP contribution is 2.22. The van der Waals surface area contributed by atoms with Crippen molar-refractivity contribution in [1.82, 2.24) is 10.2 Å². The number of rotatable bonds is 4. The molecule has 4 nitrogen and oxygen atoms in total. The highest BCUT2D eigenvalue weighted by molar-refractivity contribution is 6.35. The van der Waals surface area contributed by atoms with Crippen LogP contribution in [0.2, 0.25) is 15.1 Å². The predicted molar refractivity (Wildman–Crippen MR) is 108 cm³/mol. The number of nitrogens with zero attached hydrogens (tertiary/aromatic N) is 1. The summed E-state index contributed by atoms with van der Waals surface area (Å²) >= 11 is 17.9. The van der Waals surface area contributed by atoms with E-state index >= 15 is 0 Å². The van der Waals surface area contributed by atoms with Gasteiger partial charge in [-0.15, -0.1) is 0 Å². The minimum Gasteiger partial charge on any atom is -0.352 e. The van der Waals surface area contributed by atoms with E-state index in [-0.39, 0.29) is 17.7 Å². The fraction of sp³-hybridized carbons (Fsp3) is 0.300. The summed E-state index contributed by atoms with van der Waals surface area (Å²) in [6.07, 6.45) is 1.28. The molecule has 27 heavy (non-hydrogen) atoms. The van der Waals surface area contributed by atoms with E-state index in [9.17, 15) is 9.59 Å². The molecule has 142 valence electrons. The summed E-state index contributed by atoms with van der Waals surface area (Å²) in [6.45, 7) is 1.47. The van der Waals surface area contributed by atoms with E-state index in [2.05, 4.69) is 5.32 Å². The molecule has 0 saturated carbocycles. The Labute approximate surface area is 173 Å². The number of benzene rings is 2. The van der Waals surface area contributed by atoms with Crippen molar-refractivity contribution in [2.24, 2.45) is 5.92 Å². The van der Waals surface area contributed by atoms with E-state index in [0.29, 0.717) is 53.1 Å². The minimum absolute atomic E-state index is 0.0143. The van der Waals surface area contributed by atoms with Crippen LogP contribution in [0.5, 0.6) is 0 Å². The standard InChI is InChI=1S/C20H19Cl3N2O2/c21-16-4-1-14(2-5-16)20(27)25-9-7-13(8-10-25)19(26)24-12-15-3-6-17(22)11-18(15)23/h1-6,11,13H,7-10,12H2,(H,24,26). The Balaban J connectivity index is 1.50. The monoisotopic (exact) mass is 424 g/mol. The minimum atomic E-state index is -0.106. The first-order valence-electron chi connectivity index (χ1n) is 8.70. The number of likely N-dealkylation sites (tertiary alicyclic amines) is 1. The van der Waals surface area contributed by atoms with Crippen LogP contribution in [0.15, 0.2) is 42.5 Å². The number of halogens is 3. The summed E-state index contributed by atoms with van der Waals surface area (Å²) in [7, 11) is 0. The molecule has 1 aliphatic heterocycles. The quantitative estimate of drug-likeness (QED) is 0.764. The van der Waals surface area contributed by atoms with Crippen molar-refractivity contribution in [1.29, 1.82) is 0 Å². The van der Waals surface area contributed by atoms with Gasteiger partial charge in [-0.3, -0.25) is 9.59 Å². The number of carbonyl (C=O) groups is 2. The molecule has 0 aliphatic carbocycles. The Hall–Kier alpha value is -1.75. The fourth-order valence-electron chi connectivity index (χ4n) is 3.11. The lowest BCUT2D eigenvalue weighted by Gasteiger charge is -2.31. The van der Waals surface area contributed by atoms with E-state index in [4.69, 9.17) is 34.8 Å². The van der Waals surface area contributed by atoms with Crippen molar-refractivity contribution in [2.45, 2.75) is 19.4 Å². The normalized spacial score (nSPS) is 14.9.